The van der Waals surface area contributed by atoms with Crippen LogP contribution in [0.5, 0.6) is 0 Å². The SMILES string of the molecule is CSCO[C@H]1[C@H](n2ccc(=O)[nH]c2=O)O[C@H](COC(C)=O)[C@]1(O)C(C)=O. The Labute approximate surface area is 152 Å². The van der Waals surface area contributed by atoms with E-state index in [1.165, 1.54) is 24.9 Å². The molecular weight excluding hydrogens is 368 g/mol. The predicted octanol–water partition coefficient (Wildman–Crippen LogP) is -0.977. The molecule has 1 aliphatic rings. The van der Waals surface area contributed by atoms with Gasteiger partial charge in [0.2, 0.25) is 0 Å². The average molecular weight is 388 g/mol. The third-order valence-electron chi connectivity index (χ3n) is 3.98. The molecule has 0 radical (unpaired) electrons. The van der Waals surface area contributed by atoms with Crippen LogP contribution in [0.15, 0.2) is 21.9 Å². The number of Topliss-reactive ketones (excluding diaryl/α,β-unsaturated/α-hetero) is 1. The predicted molar refractivity (Wildman–Crippen MR) is 90.8 cm³/mol. The molecule has 0 aromatic carbocycles. The Kier molecular flexibility index (Phi) is 6.39. The number of carbonyl (C=O) groups excluding carboxylic acids is 2. The monoisotopic (exact) mass is 388 g/mol. The molecule has 144 valence electrons. The molecule has 2 rings (SSSR count). The molecule has 0 spiro atoms. The first-order valence-corrected chi connectivity index (χ1v) is 9.05. The van der Waals surface area contributed by atoms with Gasteiger partial charge in [-0.2, -0.15) is 0 Å². The van der Waals surface area contributed by atoms with Crippen LogP contribution in [-0.2, 0) is 23.8 Å². The molecule has 1 aromatic heterocycles. The maximum Gasteiger partial charge on any atom is 0.330 e. The smallest absolute Gasteiger partial charge is 0.330 e. The molecule has 26 heavy (non-hydrogen) atoms. The van der Waals surface area contributed by atoms with E-state index < -0.39 is 53.6 Å². The molecule has 4 atom stereocenters. The number of hydrogen-bond donors (Lipinski definition) is 2. The molecule has 2 heterocycles. The van der Waals surface area contributed by atoms with Crippen LogP contribution in [0, 0.1) is 0 Å². The minimum absolute atomic E-state index is 0.110. The largest absolute Gasteiger partial charge is 0.463 e. The Balaban J connectivity index is 2.48. The van der Waals surface area contributed by atoms with E-state index in [9.17, 15) is 24.3 Å². The van der Waals surface area contributed by atoms with Crippen LogP contribution in [0.2, 0.25) is 0 Å². The number of nitrogens with one attached hydrogen (secondary N) is 1. The Morgan fingerprint density at radius 3 is 2.65 bits per heavy atom. The number of aromatic amines is 1. The van der Waals surface area contributed by atoms with Gasteiger partial charge in [-0.05, 0) is 13.2 Å². The normalized spacial score (nSPS) is 28.1. The average Bonchev–Trinajstić information content (AvgIpc) is 2.84. The van der Waals surface area contributed by atoms with Crippen molar-refractivity contribution in [2.45, 2.75) is 37.9 Å². The van der Waals surface area contributed by atoms with Crippen molar-refractivity contribution < 1.29 is 28.9 Å². The first kappa shape index (κ1) is 20.4. The zero-order chi connectivity index (χ0) is 19.5. The third kappa shape index (κ3) is 3.90. The van der Waals surface area contributed by atoms with Crippen molar-refractivity contribution >= 4 is 23.5 Å². The van der Waals surface area contributed by atoms with Crippen molar-refractivity contribution in [1.29, 1.82) is 0 Å². The Hall–Kier alpha value is -1.95. The highest BCUT2D eigenvalue weighted by Crippen LogP contribution is 2.40. The summed E-state index contributed by atoms with van der Waals surface area (Å²) in [4.78, 5) is 48.8. The second-order valence-corrected chi connectivity index (χ2v) is 6.52. The number of ether oxygens (including phenoxy) is 3. The third-order valence-corrected chi connectivity index (χ3v) is 4.35. The van der Waals surface area contributed by atoms with Gasteiger partial charge in [0.05, 0.1) is 5.94 Å². The van der Waals surface area contributed by atoms with Crippen molar-refractivity contribution in [3.63, 3.8) is 0 Å². The van der Waals surface area contributed by atoms with Gasteiger partial charge in [-0.1, -0.05) is 0 Å². The van der Waals surface area contributed by atoms with Crippen LogP contribution in [0.25, 0.3) is 0 Å². The lowest BCUT2D eigenvalue weighted by Crippen LogP contribution is -2.56. The summed E-state index contributed by atoms with van der Waals surface area (Å²) in [5.41, 5.74) is -3.55. The molecule has 10 nitrogen and oxygen atoms in total. The second-order valence-electron chi connectivity index (χ2n) is 5.71. The number of rotatable bonds is 7. The Bertz CT molecular complexity index is 790. The van der Waals surface area contributed by atoms with Gasteiger partial charge in [-0.25, -0.2) is 4.79 Å². The van der Waals surface area contributed by atoms with E-state index in [1.807, 2.05) is 0 Å². The number of thioether (sulfide) groups is 1. The number of H-pyrrole nitrogens is 1. The van der Waals surface area contributed by atoms with E-state index in [-0.39, 0.29) is 5.94 Å². The highest BCUT2D eigenvalue weighted by Gasteiger charge is 2.61. The maximum absolute atomic E-state index is 12.2. The Morgan fingerprint density at radius 2 is 2.12 bits per heavy atom. The number of carbonyl (C=O) groups is 2. The van der Waals surface area contributed by atoms with Crippen LogP contribution >= 0.6 is 11.8 Å². The summed E-state index contributed by atoms with van der Waals surface area (Å²) in [6.45, 7) is 1.92. The van der Waals surface area contributed by atoms with E-state index in [0.29, 0.717) is 0 Å². The summed E-state index contributed by atoms with van der Waals surface area (Å²) >= 11 is 1.29. The Morgan fingerprint density at radius 1 is 1.42 bits per heavy atom. The van der Waals surface area contributed by atoms with Gasteiger partial charge in [0.1, 0.15) is 18.8 Å². The minimum Gasteiger partial charge on any atom is -0.463 e. The van der Waals surface area contributed by atoms with Crippen LogP contribution < -0.4 is 11.2 Å². The number of aromatic nitrogens is 2. The number of ketones is 1. The topological polar surface area (TPSA) is 137 Å². The van der Waals surface area contributed by atoms with Gasteiger partial charge in [0.15, 0.2) is 17.6 Å². The molecule has 11 heteroatoms. The molecule has 0 bridgehead atoms. The molecular formula is C15H20N2O8S. The summed E-state index contributed by atoms with van der Waals surface area (Å²) in [6.07, 6.45) is -0.784. The lowest BCUT2D eigenvalue weighted by Gasteiger charge is -2.30. The lowest BCUT2D eigenvalue weighted by molar-refractivity contribution is -0.162. The molecule has 0 amide bonds. The van der Waals surface area contributed by atoms with E-state index in [0.717, 1.165) is 17.6 Å². The molecule has 0 saturated carbocycles. The first-order chi connectivity index (χ1) is 12.2. The second kappa shape index (κ2) is 8.16. The maximum atomic E-state index is 12.2. The molecule has 1 saturated heterocycles. The number of hydrogen-bond acceptors (Lipinski definition) is 9. The summed E-state index contributed by atoms with van der Waals surface area (Å²) in [6, 6.07) is 1.10. The molecule has 2 N–H and O–H groups in total. The zero-order valence-electron chi connectivity index (χ0n) is 14.5. The fraction of sp³-hybridized carbons (Fsp3) is 0.600. The highest BCUT2D eigenvalue weighted by molar-refractivity contribution is 7.98. The van der Waals surface area contributed by atoms with Gasteiger partial charge in [0, 0.05) is 19.2 Å². The van der Waals surface area contributed by atoms with Gasteiger partial charge < -0.3 is 19.3 Å². The van der Waals surface area contributed by atoms with Crippen molar-refractivity contribution in [3.05, 3.63) is 33.1 Å². The van der Waals surface area contributed by atoms with Gasteiger partial charge >= 0.3 is 11.7 Å². The van der Waals surface area contributed by atoms with Crippen LogP contribution in [0.4, 0.5) is 0 Å². The lowest BCUT2D eigenvalue weighted by atomic mass is 9.88. The standard InChI is InChI=1S/C15H20N2O8S/c1-8(18)15(22)10(6-23-9(2)19)25-13(12(15)24-7-26-3)17-5-4-11(20)16-14(17)21/h4-5,10,12-13,22H,6-7H2,1-3H3,(H,16,20,21)/t10-,12+,13-,15-/m1/s1. The summed E-state index contributed by atoms with van der Waals surface area (Å²) in [5, 5.41) is 11.0. The van der Waals surface area contributed by atoms with Gasteiger partial charge in [0.25, 0.3) is 5.56 Å². The molecule has 1 aromatic rings. The van der Waals surface area contributed by atoms with Crippen LogP contribution in [0.1, 0.15) is 20.1 Å². The van der Waals surface area contributed by atoms with Crippen molar-refractivity contribution in [2.24, 2.45) is 0 Å². The molecule has 1 fully saturated rings. The molecule has 1 aliphatic heterocycles. The van der Waals surface area contributed by atoms with E-state index in [1.54, 1.807) is 6.26 Å². The number of nitrogens with zero attached hydrogens (tertiary/aromatic N) is 1. The van der Waals surface area contributed by atoms with Gasteiger partial charge in [-0.3, -0.25) is 23.9 Å². The van der Waals surface area contributed by atoms with E-state index in [2.05, 4.69) is 4.98 Å². The van der Waals surface area contributed by atoms with Crippen LogP contribution in [-0.4, -0.2) is 63.0 Å². The number of esters is 1. The van der Waals surface area contributed by atoms with Crippen molar-refractivity contribution in [3.8, 4) is 0 Å². The zero-order valence-corrected chi connectivity index (χ0v) is 15.3. The fourth-order valence-corrected chi connectivity index (χ4v) is 3.00. The van der Waals surface area contributed by atoms with Gasteiger partial charge in [-0.15, -0.1) is 11.8 Å². The first-order valence-electron chi connectivity index (χ1n) is 7.66. The quantitative estimate of drug-likeness (QED) is 0.446. The van der Waals surface area contributed by atoms with Crippen molar-refractivity contribution in [1.82, 2.24) is 9.55 Å². The number of aliphatic hydroxyl groups is 1. The molecule has 0 aliphatic carbocycles. The minimum atomic E-state index is -2.15. The van der Waals surface area contributed by atoms with E-state index >= 15 is 0 Å². The fourth-order valence-electron chi connectivity index (χ4n) is 2.72. The summed E-state index contributed by atoms with van der Waals surface area (Å²) in [7, 11) is 0. The van der Waals surface area contributed by atoms with Crippen molar-refractivity contribution in [2.75, 3.05) is 18.8 Å². The van der Waals surface area contributed by atoms with Crippen LogP contribution in [0.3, 0.4) is 0 Å². The van der Waals surface area contributed by atoms with E-state index in [4.69, 9.17) is 14.2 Å². The summed E-state index contributed by atoms with van der Waals surface area (Å²) in [5.74, 6) is -1.18. The summed E-state index contributed by atoms with van der Waals surface area (Å²) < 4.78 is 17.1. The molecule has 0 unspecified atom stereocenters. The highest BCUT2D eigenvalue weighted by atomic mass is 32.2.